The maximum atomic E-state index is 10.8. The van der Waals surface area contributed by atoms with Gasteiger partial charge in [0.25, 0.3) is 0 Å². The topological polar surface area (TPSA) is 160 Å². The molecule has 4 atom stereocenters. The summed E-state index contributed by atoms with van der Waals surface area (Å²) in [6, 6.07) is 6.91. The van der Waals surface area contributed by atoms with Gasteiger partial charge in [0.2, 0.25) is 0 Å². The van der Waals surface area contributed by atoms with E-state index in [4.69, 9.17) is 20.2 Å². The number of nitrogens with two attached hydrogens (primary N) is 1. The minimum absolute atomic E-state index is 0.261. The van der Waals surface area contributed by atoms with Gasteiger partial charge in [-0.05, 0) is 49.9 Å². The molecule has 2 saturated heterocycles. The Hall–Kier alpha value is -3.16. The van der Waals surface area contributed by atoms with Gasteiger partial charge in [-0.3, -0.25) is 4.57 Å². The second kappa shape index (κ2) is 9.79. The monoisotopic (exact) mass is 534 g/mol. The molecule has 12 nitrogen and oxygen atoms in total. The molecule has 5 N–H and O–H groups in total. The second-order valence-corrected chi connectivity index (χ2v) is 11.3. The zero-order chi connectivity index (χ0) is 26.7. The molecule has 0 amide bonds. The molecular formula is C27H34N8O4. The van der Waals surface area contributed by atoms with E-state index < -0.39 is 24.5 Å². The Balaban J connectivity index is 0.915. The number of likely N-dealkylation sites (N-methyl/N-ethyl adjacent to an activating group) is 1. The zero-order valence-corrected chi connectivity index (χ0v) is 21.8. The number of hydrogen-bond acceptors (Lipinski definition) is 10. The van der Waals surface area contributed by atoms with Crippen LogP contribution >= 0.6 is 0 Å². The number of aromatic amines is 1. The molecule has 2 aliphatic heterocycles. The SMILES string of the molecule is CN(C[C@H]1O[C@@H](n2cnc3c(N)ncnc32)[C@@H](O)[C@H]1O)C1CC(CCc2nc3ccc(C4COC4)cc3[nH]2)C1. The molecule has 3 aliphatic rings. The molecule has 0 unspecified atom stereocenters. The predicted molar refractivity (Wildman–Crippen MR) is 143 cm³/mol. The van der Waals surface area contributed by atoms with Crippen LogP contribution in [0.4, 0.5) is 5.82 Å². The van der Waals surface area contributed by atoms with Crippen LogP contribution in [0.1, 0.15) is 42.8 Å². The standard InChI is InChI=1S/C27H34N8O4/c1-34(9-20-23(36)24(37)27(39-20)35-13-31-22-25(28)29-12-30-26(22)35)17-6-14(7-17)2-5-21-32-18-4-3-15(8-19(18)33-21)16-10-38-11-16/h3-4,8,12-14,16-17,20,23-24,27,36-37H,2,5-7,9-11H2,1H3,(H,32,33)(H2,28,29,30)/t14?,17?,20-,23+,24+,27-/m1/s1. The molecule has 39 heavy (non-hydrogen) atoms. The number of aromatic nitrogens is 6. The molecule has 0 spiro atoms. The normalized spacial score (nSPS) is 29.3. The van der Waals surface area contributed by atoms with Gasteiger partial charge < -0.3 is 35.3 Å². The fourth-order valence-corrected chi connectivity index (χ4v) is 6.12. The van der Waals surface area contributed by atoms with Crippen LogP contribution in [0.15, 0.2) is 30.9 Å². The number of imidazole rings is 2. The summed E-state index contributed by atoms with van der Waals surface area (Å²) in [7, 11) is 2.06. The van der Waals surface area contributed by atoms with Gasteiger partial charge in [0.15, 0.2) is 17.7 Å². The summed E-state index contributed by atoms with van der Waals surface area (Å²) < 4.78 is 13.1. The summed E-state index contributed by atoms with van der Waals surface area (Å²) in [5.74, 6) is 2.46. The van der Waals surface area contributed by atoms with Crippen molar-refractivity contribution in [3.8, 4) is 0 Å². The summed E-state index contributed by atoms with van der Waals surface area (Å²) in [5, 5.41) is 21.5. The van der Waals surface area contributed by atoms with Gasteiger partial charge in [-0.25, -0.2) is 19.9 Å². The smallest absolute Gasteiger partial charge is 0.167 e. The summed E-state index contributed by atoms with van der Waals surface area (Å²) in [6.07, 6.45) is 3.64. The molecule has 3 fully saturated rings. The number of nitrogens with zero attached hydrogens (tertiary/aromatic N) is 6. The molecule has 206 valence electrons. The number of nitrogens with one attached hydrogen (secondary N) is 1. The molecule has 0 bridgehead atoms. The first-order valence-corrected chi connectivity index (χ1v) is 13.7. The highest BCUT2D eigenvalue weighted by atomic mass is 16.6. The number of aryl methyl sites for hydroxylation is 1. The van der Waals surface area contributed by atoms with Gasteiger partial charge in [0, 0.05) is 24.9 Å². The van der Waals surface area contributed by atoms with E-state index in [1.165, 1.54) is 18.2 Å². The number of H-pyrrole nitrogens is 1. The number of aliphatic hydroxyl groups is 2. The molecular weight excluding hydrogens is 500 g/mol. The van der Waals surface area contributed by atoms with E-state index in [0.29, 0.717) is 35.6 Å². The lowest BCUT2D eigenvalue weighted by atomic mass is 9.76. The van der Waals surface area contributed by atoms with Crippen LogP contribution in [0.5, 0.6) is 0 Å². The first-order valence-electron chi connectivity index (χ1n) is 13.7. The van der Waals surface area contributed by atoms with E-state index in [0.717, 1.165) is 55.8 Å². The van der Waals surface area contributed by atoms with E-state index >= 15 is 0 Å². The fourth-order valence-electron chi connectivity index (χ4n) is 6.12. The molecule has 0 radical (unpaired) electrons. The van der Waals surface area contributed by atoms with Crippen LogP contribution in [0.3, 0.4) is 0 Å². The Morgan fingerprint density at radius 1 is 1.15 bits per heavy atom. The summed E-state index contributed by atoms with van der Waals surface area (Å²) in [5.41, 5.74) is 10.2. The Labute approximate surface area is 225 Å². The Morgan fingerprint density at radius 3 is 2.79 bits per heavy atom. The minimum atomic E-state index is -1.10. The molecule has 1 aliphatic carbocycles. The van der Waals surface area contributed by atoms with Crippen LogP contribution in [-0.2, 0) is 15.9 Å². The van der Waals surface area contributed by atoms with Crippen LogP contribution in [0.25, 0.3) is 22.2 Å². The molecule has 1 aromatic carbocycles. The average Bonchev–Trinajstić information content (AvgIpc) is 3.54. The molecule has 1 saturated carbocycles. The summed E-state index contributed by atoms with van der Waals surface area (Å²) in [6.45, 7) is 2.14. The van der Waals surface area contributed by atoms with Crippen molar-refractivity contribution in [3.05, 3.63) is 42.2 Å². The summed E-state index contributed by atoms with van der Waals surface area (Å²) >= 11 is 0. The molecule has 7 rings (SSSR count). The number of hydrogen-bond donors (Lipinski definition) is 4. The van der Waals surface area contributed by atoms with E-state index in [1.807, 2.05) is 0 Å². The third-order valence-corrected chi connectivity index (χ3v) is 8.75. The number of ether oxygens (including phenoxy) is 2. The Bertz CT molecular complexity index is 1480. The van der Waals surface area contributed by atoms with Crippen molar-refractivity contribution < 1.29 is 19.7 Å². The van der Waals surface area contributed by atoms with Crippen molar-refractivity contribution in [2.75, 3.05) is 32.5 Å². The molecule has 3 aromatic heterocycles. The quantitative estimate of drug-likeness (QED) is 0.260. The van der Waals surface area contributed by atoms with Crippen molar-refractivity contribution in [2.24, 2.45) is 5.92 Å². The highest BCUT2D eigenvalue weighted by molar-refractivity contribution is 5.81. The molecule has 12 heteroatoms. The van der Waals surface area contributed by atoms with Gasteiger partial charge in [-0.2, -0.15) is 0 Å². The number of fused-ring (bicyclic) bond motifs is 2. The van der Waals surface area contributed by atoms with Crippen LogP contribution < -0.4 is 5.73 Å². The first kappa shape index (κ1) is 24.9. The summed E-state index contributed by atoms with van der Waals surface area (Å²) in [4.78, 5) is 23.0. The van der Waals surface area contributed by atoms with E-state index in [1.54, 1.807) is 4.57 Å². The lowest BCUT2D eigenvalue weighted by molar-refractivity contribution is -0.0514. The number of rotatable bonds is 8. The Morgan fingerprint density at radius 2 is 2.00 bits per heavy atom. The molecule has 5 heterocycles. The third-order valence-electron chi connectivity index (χ3n) is 8.75. The average molecular weight is 535 g/mol. The van der Waals surface area contributed by atoms with Crippen molar-refractivity contribution in [2.45, 2.75) is 62.2 Å². The van der Waals surface area contributed by atoms with Crippen LogP contribution in [0.2, 0.25) is 0 Å². The second-order valence-electron chi connectivity index (χ2n) is 11.3. The van der Waals surface area contributed by atoms with E-state index in [9.17, 15) is 10.2 Å². The van der Waals surface area contributed by atoms with Crippen LogP contribution in [0, 0.1) is 5.92 Å². The van der Waals surface area contributed by atoms with Gasteiger partial charge in [0.05, 0.1) is 30.6 Å². The van der Waals surface area contributed by atoms with Crippen molar-refractivity contribution in [1.29, 1.82) is 0 Å². The first-order chi connectivity index (χ1) is 18.9. The lowest BCUT2D eigenvalue weighted by Gasteiger charge is -2.42. The van der Waals surface area contributed by atoms with E-state index in [2.05, 4.69) is 50.1 Å². The number of benzene rings is 1. The number of anilines is 1. The van der Waals surface area contributed by atoms with Gasteiger partial charge in [-0.1, -0.05) is 6.07 Å². The largest absolute Gasteiger partial charge is 0.387 e. The van der Waals surface area contributed by atoms with Crippen molar-refractivity contribution in [3.63, 3.8) is 0 Å². The van der Waals surface area contributed by atoms with Gasteiger partial charge >= 0.3 is 0 Å². The maximum absolute atomic E-state index is 10.8. The molecule has 4 aromatic rings. The maximum Gasteiger partial charge on any atom is 0.167 e. The fraction of sp³-hybridized carbons (Fsp3) is 0.556. The minimum Gasteiger partial charge on any atom is -0.387 e. The third kappa shape index (κ3) is 4.45. The van der Waals surface area contributed by atoms with Crippen molar-refractivity contribution >= 4 is 28.0 Å². The predicted octanol–water partition coefficient (Wildman–Crippen LogP) is 1.36. The highest BCUT2D eigenvalue weighted by Crippen LogP contribution is 2.37. The highest BCUT2D eigenvalue weighted by Gasteiger charge is 2.45. The van der Waals surface area contributed by atoms with Gasteiger partial charge in [0.1, 0.15) is 36.0 Å². The lowest BCUT2D eigenvalue weighted by Crippen LogP contribution is -2.47. The van der Waals surface area contributed by atoms with Crippen LogP contribution in [-0.4, -0.2) is 95.8 Å². The zero-order valence-electron chi connectivity index (χ0n) is 21.8. The number of aliphatic hydroxyl groups excluding tert-OH is 2. The van der Waals surface area contributed by atoms with Gasteiger partial charge in [-0.15, -0.1) is 0 Å². The Kier molecular flexibility index (Phi) is 6.24. The van der Waals surface area contributed by atoms with E-state index in [-0.39, 0.29) is 5.82 Å². The number of nitrogen functional groups attached to an aromatic ring is 1. The van der Waals surface area contributed by atoms with Crippen molar-refractivity contribution in [1.82, 2.24) is 34.4 Å².